The molecule has 3 nitrogen and oxygen atoms in total. The predicted molar refractivity (Wildman–Crippen MR) is 55.8 cm³/mol. The molecule has 1 saturated carbocycles. The third-order valence-electron chi connectivity index (χ3n) is 2.88. The topological polar surface area (TPSA) is 57.5 Å². The standard InChI is InChI=1S/C12H14O3/c13-10-3-1-2-9(6-10)11(7-12(14)15)8-4-5-8/h1-3,6,8,11,13H,4-5,7H2,(H,14,15)/t11-/m0/s1. The highest BCUT2D eigenvalue weighted by Gasteiger charge is 2.33. The molecular formula is C12H14O3. The maximum Gasteiger partial charge on any atom is 0.303 e. The first kappa shape index (κ1) is 10.0. The van der Waals surface area contributed by atoms with Crippen molar-refractivity contribution in [3.8, 4) is 5.75 Å². The van der Waals surface area contributed by atoms with Gasteiger partial charge in [-0.25, -0.2) is 0 Å². The average molecular weight is 206 g/mol. The van der Waals surface area contributed by atoms with Gasteiger partial charge < -0.3 is 10.2 Å². The van der Waals surface area contributed by atoms with Gasteiger partial charge in [0.25, 0.3) is 0 Å². The molecule has 2 N–H and O–H groups in total. The predicted octanol–water partition coefficient (Wildman–Crippen LogP) is 2.36. The highest BCUT2D eigenvalue weighted by molar-refractivity contribution is 5.68. The molecule has 80 valence electrons. The number of carbonyl (C=O) groups is 1. The molecule has 1 aliphatic carbocycles. The van der Waals surface area contributed by atoms with Crippen LogP contribution in [0.2, 0.25) is 0 Å². The van der Waals surface area contributed by atoms with Gasteiger partial charge in [0.1, 0.15) is 5.75 Å². The first-order valence-corrected chi connectivity index (χ1v) is 5.17. The van der Waals surface area contributed by atoms with Crippen molar-refractivity contribution in [3.05, 3.63) is 29.8 Å². The molecule has 1 atom stereocenters. The first-order chi connectivity index (χ1) is 7.16. The maximum absolute atomic E-state index is 10.7. The van der Waals surface area contributed by atoms with Crippen molar-refractivity contribution in [2.24, 2.45) is 5.92 Å². The third-order valence-corrected chi connectivity index (χ3v) is 2.88. The van der Waals surface area contributed by atoms with Crippen molar-refractivity contribution < 1.29 is 15.0 Å². The fourth-order valence-corrected chi connectivity index (χ4v) is 2.00. The van der Waals surface area contributed by atoms with Crippen LogP contribution in [-0.2, 0) is 4.79 Å². The first-order valence-electron chi connectivity index (χ1n) is 5.17. The molecule has 0 heterocycles. The Morgan fingerprint density at radius 3 is 2.73 bits per heavy atom. The molecule has 0 aliphatic heterocycles. The van der Waals surface area contributed by atoms with Gasteiger partial charge in [0, 0.05) is 0 Å². The Hall–Kier alpha value is -1.51. The van der Waals surface area contributed by atoms with E-state index in [1.165, 1.54) is 0 Å². The van der Waals surface area contributed by atoms with Crippen LogP contribution < -0.4 is 0 Å². The van der Waals surface area contributed by atoms with Gasteiger partial charge in [0.2, 0.25) is 0 Å². The van der Waals surface area contributed by atoms with Crippen LogP contribution >= 0.6 is 0 Å². The fraction of sp³-hybridized carbons (Fsp3) is 0.417. The molecule has 0 radical (unpaired) electrons. The van der Waals surface area contributed by atoms with E-state index < -0.39 is 5.97 Å². The van der Waals surface area contributed by atoms with Gasteiger partial charge >= 0.3 is 5.97 Å². The van der Waals surface area contributed by atoms with Crippen molar-refractivity contribution >= 4 is 5.97 Å². The van der Waals surface area contributed by atoms with E-state index in [9.17, 15) is 9.90 Å². The molecule has 3 heteroatoms. The van der Waals surface area contributed by atoms with Gasteiger partial charge in [-0.05, 0) is 42.4 Å². The Kier molecular flexibility index (Phi) is 2.62. The van der Waals surface area contributed by atoms with Crippen molar-refractivity contribution in [3.63, 3.8) is 0 Å². The second-order valence-corrected chi connectivity index (χ2v) is 4.14. The lowest BCUT2D eigenvalue weighted by molar-refractivity contribution is -0.137. The molecule has 1 fully saturated rings. The molecule has 1 aromatic rings. The zero-order chi connectivity index (χ0) is 10.8. The molecule has 0 bridgehead atoms. The van der Waals surface area contributed by atoms with E-state index in [2.05, 4.69) is 0 Å². The number of rotatable bonds is 4. The van der Waals surface area contributed by atoms with Gasteiger partial charge in [-0.1, -0.05) is 12.1 Å². The number of phenolic OH excluding ortho intramolecular Hbond substituents is 1. The SMILES string of the molecule is O=C(O)C[C@H](c1cccc(O)c1)C1CC1. The van der Waals surface area contributed by atoms with Crippen molar-refractivity contribution in [2.75, 3.05) is 0 Å². The number of hydrogen-bond acceptors (Lipinski definition) is 2. The van der Waals surface area contributed by atoms with Crippen LogP contribution in [0.15, 0.2) is 24.3 Å². The molecule has 1 aliphatic rings. The van der Waals surface area contributed by atoms with Crippen molar-refractivity contribution in [1.82, 2.24) is 0 Å². The summed E-state index contributed by atoms with van der Waals surface area (Å²) >= 11 is 0. The number of hydrogen-bond donors (Lipinski definition) is 2. The molecule has 1 aromatic carbocycles. The summed E-state index contributed by atoms with van der Waals surface area (Å²) < 4.78 is 0. The zero-order valence-electron chi connectivity index (χ0n) is 8.39. The van der Waals surface area contributed by atoms with E-state index in [4.69, 9.17) is 5.11 Å². The Labute approximate surface area is 88.4 Å². The second-order valence-electron chi connectivity index (χ2n) is 4.14. The normalized spacial score (nSPS) is 17.3. The lowest BCUT2D eigenvalue weighted by Crippen LogP contribution is -2.08. The quantitative estimate of drug-likeness (QED) is 0.795. The van der Waals surface area contributed by atoms with E-state index in [0.717, 1.165) is 18.4 Å². The Morgan fingerprint density at radius 1 is 1.47 bits per heavy atom. The minimum absolute atomic E-state index is 0.0644. The van der Waals surface area contributed by atoms with Crippen molar-refractivity contribution in [2.45, 2.75) is 25.2 Å². The van der Waals surface area contributed by atoms with E-state index in [0.29, 0.717) is 5.92 Å². The van der Waals surface area contributed by atoms with Gasteiger partial charge in [0.05, 0.1) is 6.42 Å². The summed E-state index contributed by atoms with van der Waals surface area (Å²) in [4.78, 5) is 10.7. The molecule has 0 aromatic heterocycles. The van der Waals surface area contributed by atoms with Gasteiger partial charge in [-0.15, -0.1) is 0 Å². The maximum atomic E-state index is 10.7. The number of aliphatic carboxylic acids is 1. The summed E-state index contributed by atoms with van der Waals surface area (Å²) in [6.45, 7) is 0. The monoisotopic (exact) mass is 206 g/mol. The summed E-state index contributed by atoms with van der Waals surface area (Å²) in [5.74, 6) is -0.00344. The highest BCUT2D eigenvalue weighted by Crippen LogP contribution is 2.44. The molecular weight excluding hydrogens is 192 g/mol. The van der Waals surface area contributed by atoms with Gasteiger partial charge in [-0.2, -0.15) is 0 Å². The van der Waals surface area contributed by atoms with E-state index >= 15 is 0 Å². The van der Waals surface area contributed by atoms with Crippen LogP contribution in [0.1, 0.15) is 30.7 Å². The van der Waals surface area contributed by atoms with Gasteiger partial charge in [-0.3, -0.25) is 4.79 Å². The number of benzene rings is 1. The number of phenols is 1. The highest BCUT2D eigenvalue weighted by atomic mass is 16.4. The Balaban J connectivity index is 2.19. The zero-order valence-corrected chi connectivity index (χ0v) is 8.39. The van der Waals surface area contributed by atoms with Crippen molar-refractivity contribution in [1.29, 1.82) is 0 Å². The molecule has 0 saturated heterocycles. The summed E-state index contributed by atoms with van der Waals surface area (Å²) in [5.41, 5.74) is 0.944. The molecule has 0 amide bonds. The van der Waals surface area contributed by atoms with Crippen LogP contribution in [0.5, 0.6) is 5.75 Å². The largest absolute Gasteiger partial charge is 0.508 e. The molecule has 0 unspecified atom stereocenters. The van der Waals surface area contributed by atoms with Crippen LogP contribution in [0.3, 0.4) is 0 Å². The lowest BCUT2D eigenvalue weighted by Gasteiger charge is -2.14. The molecule has 15 heavy (non-hydrogen) atoms. The number of aromatic hydroxyl groups is 1. The molecule has 2 rings (SSSR count). The van der Waals surface area contributed by atoms with Gasteiger partial charge in [0.15, 0.2) is 0 Å². The fourth-order valence-electron chi connectivity index (χ4n) is 2.00. The summed E-state index contributed by atoms with van der Waals surface area (Å²) in [7, 11) is 0. The summed E-state index contributed by atoms with van der Waals surface area (Å²) in [5, 5.41) is 18.2. The average Bonchev–Trinajstić information content (AvgIpc) is 2.97. The van der Waals surface area contributed by atoms with E-state index in [1.54, 1.807) is 18.2 Å². The van der Waals surface area contributed by atoms with E-state index in [-0.39, 0.29) is 18.1 Å². The molecule has 0 spiro atoms. The third kappa shape index (κ3) is 2.49. The van der Waals surface area contributed by atoms with E-state index in [1.807, 2.05) is 6.07 Å². The second kappa shape index (κ2) is 3.93. The Bertz CT molecular complexity index is 369. The van der Waals surface area contributed by atoms with Crippen LogP contribution in [0.4, 0.5) is 0 Å². The smallest absolute Gasteiger partial charge is 0.303 e. The lowest BCUT2D eigenvalue weighted by atomic mass is 9.91. The Morgan fingerprint density at radius 2 is 2.20 bits per heavy atom. The summed E-state index contributed by atoms with van der Waals surface area (Å²) in [6, 6.07) is 6.94. The minimum atomic E-state index is -0.768. The van der Waals surface area contributed by atoms with Crippen LogP contribution in [-0.4, -0.2) is 16.2 Å². The number of carboxylic acid groups (broad SMARTS) is 1. The summed E-state index contributed by atoms with van der Waals surface area (Å²) in [6.07, 6.45) is 2.37. The van der Waals surface area contributed by atoms with Crippen LogP contribution in [0, 0.1) is 5.92 Å². The number of carboxylic acids is 1. The van der Waals surface area contributed by atoms with Crippen LogP contribution in [0.25, 0.3) is 0 Å². The minimum Gasteiger partial charge on any atom is -0.508 e.